The number of aryl methyl sites for hydroxylation is 2. The lowest BCUT2D eigenvalue weighted by molar-refractivity contribution is 0.0675. The molecule has 0 unspecified atom stereocenters. The first-order valence-electron chi connectivity index (χ1n) is 8.40. The Morgan fingerprint density at radius 3 is 2.83 bits per heavy atom. The fourth-order valence-electron chi connectivity index (χ4n) is 3.57. The molecule has 2 fully saturated rings. The van der Waals surface area contributed by atoms with E-state index < -0.39 is 0 Å². The van der Waals surface area contributed by atoms with Crippen molar-refractivity contribution < 1.29 is 4.79 Å². The number of carbonyl (C=O) groups excluding carboxylic acids is 1. The average Bonchev–Trinajstić information content (AvgIpc) is 3.18. The number of piperidine rings is 1. The van der Waals surface area contributed by atoms with E-state index in [2.05, 4.69) is 21.5 Å². The summed E-state index contributed by atoms with van der Waals surface area (Å²) < 4.78 is 2.00. The predicted molar refractivity (Wildman–Crippen MR) is 90.0 cm³/mol. The third-order valence-corrected chi connectivity index (χ3v) is 5.76. The Morgan fingerprint density at radius 2 is 2.13 bits per heavy atom. The lowest BCUT2D eigenvalue weighted by Crippen LogP contribution is -2.41. The molecule has 5 nitrogen and oxygen atoms in total. The summed E-state index contributed by atoms with van der Waals surface area (Å²) in [5, 5.41) is 6.58. The van der Waals surface area contributed by atoms with Gasteiger partial charge in [-0.1, -0.05) is 0 Å². The minimum Gasteiger partial charge on any atom is -0.336 e. The van der Waals surface area contributed by atoms with E-state index in [0.29, 0.717) is 5.92 Å². The van der Waals surface area contributed by atoms with Crippen LogP contribution in [0.25, 0.3) is 0 Å². The van der Waals surface area contributed by atoms with Crippen LogP contribution in [-0.2, 0) is 0 Å². The van der Waals surface area contributed by atoms with E-state index in [9.17, 15) is 4.79 Å². The van der Waals surface area contributed by atoms with Gasteiger partial charge in [0.2, 0.25) is 0 Å². The Kier molecular flexibility index (Phi) is 3.71. The SMILES string of the molecule is Cc1nc(C)n([C@H]2CCCN(C(=O)c3sccc3C3CC3)C2)n1. The number of thiophene rings is 1. The Morgan fingerprint density at radius 1 is 1.30 bits per heavy atom. The van der Waals surface area contributed by atoms with E-state index in [-0.39, 0.29) is 11.9 Å². The molecule has 6 heteroatoms. The second-order valence-electron chi connectivity index (χ2n) is 6.68. The van der Waals surface area contributed by atoms with Crippen molar-refractivity contribution in [1.29, 1.82) is 0 Å². The standard InChI is InChI=1S/C17H22N4OS/c1-11-18-12(2)21(19-11)14-4-3-8-20(10-14)17(22)16-15(7-9-23-16)13-5-6-13/h7,9,13-14H,3-6,8,10H2,1-2H3/t14-/m0/s1. The van der Waals surface area contributed by atoms with Crippen molar-refractivity contribution in [2.75, 3.05) is 13.1 Å². The van der Waals surface area contributed by atoms with Gasteiger partial charge < -0.3 is 4.90 Å². The predicted octanol–water partition coefficient (Wildman–Crippen LogP) is 3.31. The molecular formula is C17H22N4OS. The van der Waals surface area contributed by atoms with Gasteiger partial charge in [0.1, 0.15) is 11.6 Å². The van der Waals surface area contributed by atoms with Crippen molar-refractivity contribution in [3.05, 3.63) is 33.5 Å². The largest absolute Gasteiger partial charge is 0.336 e. The summed E-state index contributed by atoms with van der Waals surface area (Å²) >= 11 is 1.60. The maximum atomic E-state index is 13.0. The molecule has 2 aliphatic rings. The second-order valence-corrected chi connectivity index (χ2v) is 7.59. The summed E-state index contributed by atoms with van der Waals surface area (Å²) in [6, 6.07) is 2.39. The van der Waals surface area contributed by atoms with Crippen molar-refractivity contribution in [2.24, 2.45) is 0 Å². The summed E-state index contributed by atoms with van der Waals surface area (Å²) in [5.41, 5.74) is 1.27. The normalized spacial score (nSPS) is 21.7. The van der Waals surface area contributed by atoms with Crippen LogP contribution in [0, 0.1) is 13.8 Å². The molecule has 23 heavy (non-hydrogen) atoms. The van der Waals surface area contributed by atoms with Gasteiger partial charge in [-0.25, -0.2) is 9.67 Å². The molecule has 0 radical (unpaired) electrons. The van der Waals surface area contributed by atoms with Crippen LogP contribution in [0.2, 0.25) is 0 Å². The number of nitrogens with zero attached hydrogens (tertiary/aromatic N) is 4. The summed E-state index contributed by atoms with van der Waals surface area (Å²) in [6.45, 7) is 5.50. The topological polar surface area (TPSA) is 51.0 Å². The fraction of sp³-hybridized carbons (Fsp3) is 0.588. The number of aromatic nitrogens is 3. The van der Waals surface area contributed by atoms with E-state index >= 15 is 0 Å². The molecule has 1 amide bonds. The number of amides is 1. The third-order valence-electron chi connectivity index (χ3n) is 4.84. The average molecular weight is 330 g/mol. The number of likely N-dealkylation sites (tertiary alicyclic amines) is 1. The number of carbonyl (C=O) groups is 1. The van der Waals surface area contributed by atoms with Gasteiger partial charge in [0.05, 0.1) is 10.9 Å². The summed E-state index contributed by atoms with van der Waals surface area (Å²) in [4.78, 5) is 20.3. The molecule has 0 bridgehead atoms. The zero-order chi connectivity index (χ0) is 16.0. The quantitative estimate of drug-likeness (QED) is 0.867. The minimum absolute atomic E-state index is 0.209. The van der Waals surface area contributed by atoms with Gasteiger partial charge in [-0.2, -0.15) is 5.10 Å². The number of hydrogen-bond donors (Lipinski definition) is 0. The van der Waals surface area contributed by atoms with Crippen LogP contribution in [0.5, 0.6) is 0 Å². The van der Waals surface area contributed by atoms with Gasteiger partial charge in [-0.05, 0) is 62.5 Å². The highest BCUT2D eigenvalue weighted by Gasteiger charge is 2.33. The van der Waals surface area contributed by atoms with Gasteiger partial charge in [0.15, 0.2) is 0 Å². The van der Waals surface area contributed by atoms with Crippen molar-refractivity contribution in [3.63, 3.8) is 0 Å². The zero-order valence-electron chi connectivity index (χ0n) is 13.7. The van der Waals surface area contributed by atoms with Crippen molar-refractivity contribution >= 4 is 17.2 Å². The van der Waals surface area contributed by atoms with E-state index in [1.54, 1.807) is 11.3 Å². The van der Waals surface area contributed by atoms with E-state index in [0.717, 1.165) is 42.5 Å². The lowest BCUT2D eigenvalue weighted by Gasteiger charge is -2.33. The molecule has 1 aliphatic heterocycles. The van der Waals surface area contributed by atoms with Crippen LogP contribution in [-0.4, -0.2) is 38.7 Å². The summed E-state index contributed by atoms with van der Waals surface area (Å²) in [5.74, 6) is 2.58. The van der Waals surface area contributed by atoms with Gasteiger partial charge in [0, 0.05) is 13.1 Å². The molecule has 2 aromatic heterocycles. The van der Waals surface area contributed by atoms with Crippen molar-refractivity contribution in [3.8, 4) is 0 Å². The molecule has 3 heterocycles. The molecule has 122 valence electrons. The smallest absolute Gasteiger partial charge is 0.264 e. The van der Waals surface area contributed by atoms with Gasteiger partial charge in [-0.3, -0.25) is 4.79 Å². The maximum absolute atomic E-state index is 13.0. The molecule has 0 spiro atoms. The summed E-state index contributed by atoms with van der Waals surface area (Å²) in [6.07, 6.45) is 4.56. The molecule has 1 saturated heterocycles. The Bertz CT molecular complexity index is 731. The number of rotatable bonds is 3. The second kappa shape index (κ2) is 5.74. The van der Waals surface area contributed by atoms with E-state index in [1.165, 1.54) is 18.4 Å². The Balaban J connectivity index is 1.53. The molecule has 0 aromatic carbocycles. The maximum Gasteiger partial charge on any atom is 0.264 e. The Hall–Kier alpha value is -1.69. The van der Waals surface area contributed by atoms with Crippen molar-refractivity contribution in [2.45, 2.75) is 51.5 Å². The van der Waals surface area contributed by atoms with Crippen LogP contribution < -0.4 is 0 Å². The van der Waals surface area contributed by atoms with E-state index in [4.69, 9.17) is 0 Å². The summed E-state index contributed by atoms with van der Waals surface area (Å²) in [7, 11) is 0. The Labute approximate surface area is 140 Å². The highest BCUT2D eigenvalue weighted by molar-refractivity contribution is 7.12. The molecule has 4 rings (SSSR count). The number of hydrogen-bond acceptors (Lipinski definition) is 4. The first-order chi connectivity index (χ1) is 11.1. The molecule has 1 atom stereocenters. The highest BCUT2D eigenvalue weighted by atomic mass is 32.1. The fourth-order valence-corrected chi connectivity index (χ4v) is 4.52. The third kappa shape index (κ3) is 2.80. The molecule has 0 N–H and O–H groups in total. The molecule has 1 aliphatic carbocycles. The van der Waals surface area contributed by atoms with Gasteiger partial charge in [0.25, 0.3) is 5.91 Å². The molecular weight excluding hydrogens is 308 g/mol. The minimum atomic E-state index is 0.209. The first-order valence-corrected chi connectivity index (χ1v) is 9.28. The monoisotopic (exact) mass is 330 g/mol. The van der Waals surface area contributed by atoms with Crippen molar-refractivity contribution in [1.82, 2.24) is 19.7 Å². The van der Waals surface area contributed by atoms with Gasteiger partial charge >= 0.3 is 0 Å². The van der Waals surface area contributed by atoms with Crippen LogP contribution in [0.1, 0.15) is 64.5 Å². The van der Waals surface area contributed by atoms with Crippen LogP contribution in [0.15, 0.2) is 11.4 Å². The van der Waals surface area contributed by atoms with Gasteiger partial charge in [-0.15, -0.1) is 11.3 Å². The first kappa shape index (κ1) is 14.9. The highest BCUT2D eigenvalue weighted by Crippen LogP contribution is 2.43. The van der Waals surface area contributed by atoms with Crippen LogP contribution >= 0.6 is 11.3 Å². The van der Waals surface area contributed by atoms with E-state index in [1.807, 2.05) is 23.4 Å². The van der Waals surface area contributed by atoms with Crippen LogP contribution in [0.3, 0.4) is 0 Å². The van der Waals surface area contributed by atoms with Crippen LogP contribution in [0.4, 0.5) is 0 Å². The molecule has 1 saturated carbocycles. The zero-order valence-corrected chi connectivity index (χ0v) is 14.5. The lowest BCUT2D eigenvalue weighted by atomic mass is 10.0. The molecule has 2 aromatic rings.